The highest BCUT2D eigenvalue weighted by atomic mass is 35.5. The number of benzene rings is 2. The molecule has 0 aliphatic heterocycles. The molecular weight excluding hydrogens is 478 g/mol. The molecule has 2 heterocycles. The fourth-order valence-corrected chi connectivity index (χ4v) is 3.47. The van der Waals surface area contributed by atoms with Crippen LogP contribution in [0.3, 0.4) is 0 Å². The van der Waals surface area contributed by atoms with Gasteiger partial charge in [0.2, 0.25) is 0 Å². The van der Waals surface area contributed by atoms with Crippen molar-refractivity contribution in [1.29, 1.82) is 0 Å². The molecule has 2 aromatic heterocycles. The molecule has 4 aromatic rings. The zero-order valence-corrected chi connectivity index (χ0v) is 18.6. The summed E-state index contributed by atoms with van der Waals surface area (Å²) in [6.07, 6.45) is -4.47. The van der Waals surface area contributed by atoms with Crippen LogP contribution in [0.25, 0.3) is 17.1 Å². The zero-order valence-electron chi connectivity index (χ0n) is 17.1. The van der Waals surface area contributed by atoms with Crippen LogP contribution in [0.5, 0.6) is 0 Å². The van der Waals surface area contributed by atoms with Crippen molar-refractivity contribution in [3.63, 3.8) is 0 Å². The van der Waals surface area contributed by atoms with E-state index in [1.54, 1.807) is 37.3 Å². The van der Waals surface area contributed by atoms with Crippen molar-refractivity contribution in [2.45, 2.75) is 19.6 Å². The fraction of sp³-hybridized carbons (Fsp3) is 0.130. The molecule has 0 aliphatic carbocycles. The number of nitrogens with zero attached hydrogens (tertiary/aromatic N) is 2. The summed E-state index contributed by atoms with van der Waals surface area (Å²) in [6, 6.07) is 14.5. The van der Waals surface area contributed by atoms with Crippen LogP contribution in [-0.2, 0) is 12.7 Å². The predicted molar refractivity (Wildman–Crippen MR) is 119 cm³/mol. The molecule has 5 nitrogen and oxygen atoms in total. The number of halogens is 5. The number of alkyl halides is 3. The molecule has 2 aromatic carbocycles. The summed E-state index contributed by atoms with van der Waals surface area (Å²) in [4.78, 5) is 13.0. The van der Waals surface area contributed by atoms with Gasteiger partial charge >= 0.3 is 6.18 Å². The molecule has 0 unspecified atom stereocenters. The number of rotatable bonds is 5. The zero-order chi connectivity index (χ0) is 23.8. The average Bonchev–Trinajstić information content (AvgIpc) is 3.40. The number of carbonyl (C=O) groups excluding carboxylic acids is 1. The predicted octanol–water partition coefficient (Wildman–Crippen LogP) is 6.70. The van der Waals surface area contributed by atoms with Crippen LogP contribution in [0.2, 0.25) is 10.0 Å². The Bertz CT molecular complexity index is 1330. The van der Waals surface area contributed by atoms with Crippen LogP contribution in [0, 0.1) is 6.92 Å². The molecule has 0 fully saturated rings. The van der Waals surface area contributed by atoms with E-state index < -0.39 is 17.6 Å². The second-order valence-corrected chi connectivity index (χ2v) is 8.03. The van der Waals surface area contributed by atoms with Crippen LogP contribution in [0.15, 0.2) is 65.1 Å². The monoisotopic (exact) mass is 493 g/mol. The molecule has 33 heavy (non-hydrogen) atoms. The van der Waals surface area contributed by atoms with Crippen LogP contribution in [-0.4, -0.2) is 15.7 Å². The number of hydrogen-bond donors (Lipinski definition) is 1. The van der Waals surface area contributed by atoms with E-state index in [1.807, 2.05) is 0 Å². The van der Waals surface area contributed by atoms with Crippen LogP contribution >= 0.6 is 23.2 Å². The Kier molecular flexibility index (Phi) is 6.23. The first-order valence-electron chi connectivity index (χ1n) is 9.68. The maximum atomic E-state index is 13.0. The van der Waals surface area contributed by atoms with Crippen LogP contribution < -0.4 is 5.32 Å². The minimum absolute atomic E-state index is 0.107. The summed E-state index contributed by atoms with van der Waals surface area (Å²) in [5.41, 5.74) is 0.539. The normalized spacial score (nSPS) is 11.6. The van der Waals surface area contributed by atoms with Gasteiger partial charge in [-0.3, -0.25) is 4.79 Å². The van der Waals surface area contributed by atoms with Gasteiger partial charge in [0.15, 0.2) is 5.76 Å². The van der Waals surface area contributed by atoms with E-state index in [-0.39, 0.29) is 17.3 Å². The van der Waals surface area contributed by atoms with Gasteiger partial charge in [-0.1, -0.05) is 35.3 Å². The van der Waals surface area contributed by atoms with Gasteiger partial charge in [-0.25, -0.2) is 4.68 Å². The Morgan fingerprint density at radius 1 is 1.06 bits per heavy atom. The van der Waals surface area contributed by atoms with Crippen molar-refractivity contribution in [3.05, 3.63) is 93.3 Å². The molecule has 0 spiro atoms. The lowest BCUT2D eigenvalue weighted by Crippen LogP contribution is -2.25. The molecule has 0 atom stereocenters. The smallest absolute Gasteiger partial charge is 0.416 e. The summed E-state index contributed by atoms with van der Waals surface area (Å²) in [6.45, 7) is 1.67. The third-order valence-electron chi connectivity index (χ3n) is 4.79. The molecule has 170 valence electrons. The largest absolute Gasteiger partial charge is 0.460 e. The first-order chi connectivity index (χ1) is 15.6. The van der Waals surface area contributed by atoms with E-state index in [2.05, 4.69) is 10.4 Å². The van der Waals surface area contributed by atoms with E-state index in [0.29, 0.717) is 33.5 Å². The fourth-order valence-electron chi connectivity index (χ4n) is 3.18. The standard InChI is InChI=1S/C23H16Cl2F3N3O2/c1-13-5-8-21(33-13)19-11-20(31(30-19)16-6-7-17(24)18(25)10-16)22(32)29-12-14-3-2-4-15(9-14)23(26,27)28/h2-11H,12H2,1H3,(H,29,32). The van der Waals surface area contributed by atoms with E-state index in [0.717, 1.165) is 12.1 Å². The van der Waals surface area contributed by atoms with Crippen LogP contribution in [0.4, 0.5) is 13.2 Å². The molecule has 0 saturated carbocycles. The second kappa shape index (κ2) is 8.96. The van der Waals surface area contributed by atoms with Gasteiger partial charge in [0.1, 0.15) is 17.1 Å². The maximum Gasteiger partial charge on any atom is 0.416 e. The molecule has 4 rings (SSSR count). The number of carbonyl (C=O) groups is 1. The number of aromatic nitrogens is 2. The van der Waals surface area contributed by atoms with E-state index in [4.69, 9.17) is 27.6 Å². The van der Waals surface area contributed by atoms with Crippen molar-refractivity contribution in [1.82, 2.24) is 15.1 Å². The molecule has 0 saturated heterocycles. The SMILES string of the molecule is Cc1ccc(-c2cc(C(=O)NCc3cccc(C(F)(F)F)c3)n(-c3ccc(Cl)c(Cl)c3)n2)o1. The molecule has 0 bridgehead atoms. The van der Waals surface area contributed by atoms with Crippen molar-refractivity contribution >= 4 is 29.1 Å². The highest BCUT2D eigenvalue weighted by molar-refractivity contribution is 6.42. The highest BCUT2D eigenvalue weighted by Gasteiger charge is 2.30. The number of furan rings is 1. The second-order valence-electron chi connectivity index (χ2n) is 7.22. The Labute approximate surface area is 196 Å². The Morgan fingerprint density at radius 3 is 2.52 bits per heavy atom. The van der Waals surface area contributed by atoms with Gasteiger partial charge in [0.25, 0.3) is 5.91 Å². The average molecular weight is 494 g/mol. The lowest BCUT2D eigenvalue weighted by atomic mass is 10.1. The van der Waals surface area contributed by atoms with Gasteiger partial charge in [0, 0.05) is 12.6 Å². The summed E-state index contributed by atoms with van der Waals surface area (Å²) in [7, 11) is 0. The van der Waals surface area contributed by atoms with Gasteiger partial charge in [-0.2, -0.15) is 18.3 Å². The van der Waals surface area contributed by atoms with Gasteiger partial charge < -0.3 is 9.73 Å². The first-order valence-corrected chi connectivity index (χ1v) is 10.4. The molecule has 10 heteroatoms. The topological polar surface area (TPSA) is 60.1 Å². The van der Waals surface area contributed by atoms with Crippen molar-refractivity contribution in [2.24, 2.45) is 0 Å². The minimum atomic E-state index is -4.47. The van der Waals surface area contributed by atoms with E-state index >= 15 is 0 Å². The molecular formula is C23H16Cl2F3N3O2. The Hall–Kier alpha value is -3.23. The van der Waals surface area contributed by atoms with E-state index in [1.165, 1.54) is 22.9 Å². The van der Waals surface area contributed by atoms with Crippen molar-refractivity contribution in [2.75, 3.05) is 0 Å². The number of amides is 1. The summed E-state index contributed by atoms with van der Waals surface area (Å²) in [5.74, 6) is 0.586. The Morgan fingerprint density at radius 2 is 1.85 bits per heavy atom. The van der Waals surface area contributed by atoms with Crippen molar-refractivity contribution < 1.29 is 22.4 Å². The van der Waals surface area contributed by atoms with Gasteiger partial charge in [-0.15, -0.1) is 0 Å². The lowest BCUT2D eigenvalue weighted by molar-refractivity contribution is -0.137. The first kappa shape index (κ1) is 22.9. The molecule has 1 N–H and O–H groups in total. The number of hydrogen-bond acceptors (Lipinski definition) is 3. The summed E-state index contributed by atoms with van der Waals surface area (Å²) in [5, 5.41) is 7.72. The van der Waals surface area contributed by atoms with E-state index in [9.17, 15) is 18.0 Å². The third kappa shape index (κ3) is 5.07. The van der Waals surface area contributed by atoms with Gasteiger partial charge in [-0.05, 0) is 55.0 Å². The van der Waals surface area contributed by atoms with Crippen LogP contribution in [0.1, 0.15) is 27.4 Å². The third-order valence-corrected chi connectivity index (χ3v) is 5.53. The maximum absolute atomic E-state index is 13.0. The summed E-state index contributed by atoms with van der Waals surface area (Å²) >= 11 is 12.1. The Balaban J connectivity index is 1.66. The quantitative estimate of drug-likeness (QED) is 0.336. The molecule has 1 amide bonds. The van der Waals surface area contributed by atoms with Crippen molar-refractivity contribution in [3.8, 4) is 17.1 Å². The highest BCUT2D eigenvalue weighted by Crippen LogP contribution is 2.30. The number of nitrogens with one attached hydrogen (secondary N) is 1. The van der Waals surface area contributed by atoms with Gasteiger partial charge in [0.05, 0.1) is 21.3 Å². The molecule has 0 aliphatic rings. The summed E-state index contributed by atoms with van der Waals surface area (Å²) < 4.78 is 45.9. The number of aryl methyl sites for hydroxylation is 1. The minimum Gasteiger partial charge on any atom is -0.460 e. The molecule has 0 radical (unpaired) electrons. The lowest BCUT2D eigenvalue weighted by Gasteiger charge is -2.11.